The van der Waals surface area contributed by atoms with Crippen molar-refractivity contribution < 1.29 is 4.74 Å². The maximum absolute atomic E-state index is 5.79. The molecular formula is C15H25N3O. The fourth-order valence-electron chi connectivity index (χ4n) is 3.22. The number of aromatic nitrogens is 1. The van der Waals surface area contributed by atoms with E-state index >= 15 is 0 Å². The Bertz CT molecular complexity index is 389. The number of rotatable bonds is 5. The maximum Gasteiger partial charge on any atom is 0.217 e. The molecule has 0 amide bonds. The Morgan fingerprint density at radius 1 is 1.42 bits per heavy atom. The molecule has 1 aliphatic carbocycles. The first-order valence-electron chi connectivity index (χ1n) is 7.25. The SMILES string of the molecule is CCC1CCC(C(NN)c2cccnc2OC)CC1. The number of nitrogens with zero attached hydrogens (tertiary/aromatic N) is 1. The molecule has 1 aliphatic rings. The van der Waals surface area contributed by atoms with Gasteiger partial charge in [0.05, 0.1) is 13.2 Å². The number of pyridine rings is 1. The van der Waals surface area contributed by atoms with Crippen LogP contribution in [0.15, 0.2) is 18.3 Å². The summed E-state index contributed by atoms with van der Waals surface area (Å²) in [6.45, 7) is 2.29. The number of nitrogens with two attached hydrogens (primary N) is 1. The third-order valence-corrected chi connectivity index (χ3v) is 4.45. The van der Waals surface area contributed by atoms with E-state index in [9.17, 15) is 0 Å². The molecule has 4 nitrogen and oxygen atoms in total. The highest BCUT2D eigenvalue weighted by atomic mass is 16.5. The quantitative estimate of drug-likeness (QED) is 0.633. The first kappa shape index (κ1) is 14.3. The van der Waals surface area contributed by atoms with Crippen LogP contribution in [0.4, 0.5) is 0 Å². The van der Waals surface area contributed by atoms with Crippen LogP contribution in [-0.2, 0) is 0 Å². The van der Waals surface area contributed by atoms with Gasteiger partial charge in [0.15, 0.2) is 0 Å². The van der Waals surface area contributed by atoms with Gasteiger partial charge in [-0.2, -0.15) is 0 Å². The van der Waals surface area contributed by atoms with Crippen molar-refractivity contribution in [3.8, 4) is 5.88 Å². The molecule has 19 heavy (non-hydrogen) atoms. The summed E-state index contributed by atoms with van der Waals surface area (Å²) in [4.78, 5) is 4.27. The Kier molecular flexibility index (Phi) is 5.16. The monoisotopic (exact) mass is 263 g/mol. The number of nitrogens with one attached hydrogen (secondary N) is 1. The molecule has 1 saturated carbocycles. The Morgan fingerprint density at radius 3 is 2.74 bits per heavy atom. The van der Waals surface area contributed by atoms with Crippen LogP contribution in [0.25, 0.3) is 0 Å². The van der Waals surface area contributed by atoms with Crippen LogP contribution in [0.1, 0.15) is 50.6 Å². The van der Waals surface area contributed by atoms with Gasteiger partial charge >= 0.3 is 0 Å². The molecule has 0 aromatic carbocycles. The van der Waals surface area contributed by atoms with E-state index < -0.39 is 0 Å². The molecule has 1 aromatic heterocycles. The van der Waals surface area contributed by atoms with Gasteiger partial charge in [-0.3, -0.25) is 11.3 Å². The van der Waals surface area contributed by atoms with Crippen LogP contribution >= 0.6 is 0 Å². The molecule has 0 aliphatic heterocycles. The normalized spacial score (nSPS) is 25.0. The molecule has 1 fully saturated rings. The van der Waals surface area contributed by atoms with Crippen molar-refractivity contribution >= 4 is 0 Å². The number of hydrogen-bond donors (Lipinski definition) is 2. The van der Waals surface area contributed by atoms with E-state index in [1.165, 1.54) is 32.1 Å². The topological polar surface area (TPSA) is 60.2 Å². The number of hydrogen-bond acceptors (Lipinski definition) is 4. The zero-order valence-electron chi connectivity index (χ0n) is 11.9. The average Bonchev–Trinajstić information content (AvgIpc) is 2.49. The molecule has 4 heteroatoms. The Hall–Kier alpha value is -1.13. The fourth-order valence-corrected chi connectivity index (χ4v) is 3.22. The van der Waals surface area contributed by atoms with Gasteiger partial charge in [0, 0.05) is 11.8 Å². The predicted molar refractivity (Wildman–Crippen MR) is 76.6 cm³/mol. The highest BCUT2D eigenvalue weighted by molar-refractivity contribution is 5.29. The summed E-state index contributed by atoms with van der Waals surface area (Å²) in [5, 5.41) is 0. The van der Waals surface area contributed by atoms with Crippen LogP contribution in [-0.4, -0.2) is 12.1 Å². The second-order valence-corrected chi connectivity index (χ2v) is 5.44. The van der Waals surface area contributed by atoms with E-state index in [1.807, 2.05) is 6.07 Å². The number of methoxy groups -OCH3 is 1. The summed E-state index contributed by atoms with van der Waals surface area (Å²) in [5.41, 5.74) is 4.05. The van der Waals surface area contributed by atoms with Crippen LogP contribution in [0.3, 0.4) is 0 Å². The summed E-state index contributed by atoms with van der Waals surface area (Å²) in [6.07, 6.45) is 8.12. The zero-order valence-corrected chi connectivity index (χ0v) is 11.9. The van der Waals surface area contributed by atoms with Crippen LogP contribution < -0.4 is 16.0 Å². The predicted octanol–water partition coefficient (Wildman–Crippen LogP) is 2.81. The van der Waals surface area contributed by atoms with Crippen LogP contribution in [0.2, 0.25) is 0 Å². The molecule has 0 saturated heterocycles. The Morgan fingerprint density at radius 2 is 2.16 bits per heavy atom. The smallest absolute Gasteiger partial charge is 0.217 e. The first-order chi connectivity index (χ1) is 9.30. The van der Waals surface area contributed by atoms with Crippen molar-refractivity contribution in [1.29, 1.82) is 0 Å². The van der Waals surface area contributed by atoms with E-state index in [1.54, 1.807) is 13.3 Å². The second-order valence-electron chi connectivity index (χ2n) is 5.44. The molecular weight excluding hydrogens is 238 g/mol. The molecule has 1 unspecified atom stereocenters. The van der Waals surface area contributed by atoms with Gasteiger partial charge in [-0.15, -0.1) is 0 Å². The van der Waals surface area contributed by atoms with Crippen molar-refractivity contribution in [2.45, 2.75) is 45.1 Å². The van der Waals surface area contributed by atoms with Crippen molar-refractivity contribution in [2.75, 3.05) is 7.11 Å². The third kappa shape index (κ3) is 3.25. The lowest BCUT2D eigenvalue weighted by Gasteiger charge is -2.33. The largest absolute Gasteiger partial charge is 0.481 e. The minimum atomic E-state index is 0.140. The van der Waals surface area contributed by atoms with E-state index in [-0.39, 0.29) is 6.04 Å². The molecule has 106 valence electrons. The number of hydrazine groups is 1. The lowest BCUT2D eigenvalue weighted by molar-refractivity contribution is 0.216. The van der Waals surface area contributed by atoms with Gasteiger partial charge in [0.1, 0.15) is 0 Å². The van der Waals surface area contributed by atoms with E-state index in [4.69, 9.17) is 10.6 Å². The lowest BCUT2D eigenvalue weighted by atomic mass is 9.76. The molecule has 0 radical (unpaired) electrons. The summed E-state index contributed by atoms with van der Waals surface area (Å²) in [6, 6.07) is 4.14. The van der Waals surface area contributed by atoms with Crippen molar-refractivity contribution in [3.63, 3.8) is 0 Å². The molecule has 1 atom stereocenters. The first-order valence-corrected chi connectivity index (χ1v) is 7.25. The lowest BCUT2D eigenvalue weighted by Crippen LogP contribution is -2.35. The Balaban J connectivity index is 2.12. The molecule has 0 bridgehead atoms. The summed E-state index contributed by atoms with van der Waals surface area (Å²) < 4.78 is 5.35. The van der Waals surface area contributed by atoms with E-state index in [0.29, 0.717) is 11.8 Å². The fraction of sp³-hybridized carbons (Fsp3) is 0.667. The Labute approximate surface area is 115 Å². The molecule has 1 heterocycles. The molecule has 0 spiro atoms. The minimum Gasteiger partial charge on any atom is -0.481 e. The highest BCUT2D eigenvalue weighted by Crippen LogP contribution is 2.39. The van der Waals surface area contributed by atoms with Gasteiger partial charge in [0.25, 0.3) is 0 Å². The van der Waals surface area contributed by atoms with E-state index in [2.05, 4.69) is 23.4 Å². The van der Waals surface area contributed by atoms with Crippen molar-refractivity contribution in [3.05, 3.63) is 23.9 Å². The van der Waals surface area contributed by atoms with E-state index in [0.717, 1.165) is 11.5 Å². The molecule has 2 rings (SSSR count). The molecule has 3 N–H and O–H groups in total. The van der Waals surface area contributed by atoms with Gasteiger partial charge in [0.2, 0.25) is 5.88 Å². The summed E-state index contributed by atoms with van der Waals surface area (Å²) in [7, 11) is 1.66. The third-order valence-electron chi connectivity index (χ3n) is 4.45. The van der Waals surface area contributed by atoms with Gasteiger partial charge in [-0.05, 0) is 30.7 Å². The minimum absolute atomic E-state index is 0.140. The second kappa shape index (κ2) is 6.87. The average molecular weight is 263 g/mol. The van der Waals surface area contributed by atoms with Crippen molar-refractivity contribution in [1.82, 2.24) is 10.4 Å². The van der Waals surface area contributed by atoms with Crippen LogP contribution in [0, 0.1) is 11.8 Å². The highest BCUT2D eigenvalue weighted by Gasteiger charge is 2.29. The van der Waals surface area contributed by atoms with Gasteiger partial charge in [-0.25, -0.2) is 4.98 Å². The van der Waals surface area contributed by atoms with Crippen molar-refractivity contribution in [2.24, 2.45) is 17.7 Å². The zero-order chi connectivity index (χ0) is 13.7. The van der Waals surface area contributed by atoms with Gasteiger partial charge < -0.3 is 4.74 Å². The van der Waals surface area contributed by atoms with Gasteiger partial charge in [-0.1, -0.05) is 32.3 Å². The number of ether oxygens (including phenoxy) is 1. The van der Waals surface area contributed by atoms with Crippen LogP contribution in [0.5, 0.6) is 5.88 Å². The maximum atomic E-state index is 5.79. The molecule has 1 aromatic rings. The standard InChI is InChI=1S/C15H25N3O/c1-3-11-6-8-12(9-7-11)14(18-16)13-5-4-10-17-15(13)19-2/h4-5,10-12,14,18H,3,6-9,16H2,1-2H3. The summed E-state index contributed by atoms with van der Waals surface area (Å²) >= 11 is 0. The summed E-state index contributed by atoms with van der Waals surface area (Å²) in [5.74, 6) is 7.95.